The molecule has 1 atom stereocenters. The van der Waals surface area contributed by atoms with E-state index in [9.17, 15) is 14.7 Å². The summed E-state index contributed by atoms with van der Waals surface area (Å²) in [5.74, 6) is -0.765. The van der Waals surface area contributed by atoms with Gasteiger partial charge in [-0.3, -0.25) is 14.5 Å². The summed E-state index contributed by atoms with van der Waals surface area (Å²) in [4.78, 5) is 30.2. The van der Waals surface area contributed by atoms with Crippen LogP contribution in [0.25, 0.3) is 5.76 Å². The fraction of sp³-hybridized carbons (Fsp3) is 0.407. The number of benzene rings is 2. The van der Waals surface area contributed by atoms with Crippen LogP contribution in [0.3, 0.4) is 0 Å². The molecular formula is C27H31ClN2O5. The summed E-state index contributed by atoms with van der Waals surface area (Å²) in [6.07, 6.45) is 0.885. The van der Waals surface area contributed by atoms with Crippen molar-refractivity contribution in [2.45, 2.75) is 26.3 Å². The van der Waals surface area contributed by atoms with Crippen molar-refractivity contribution in [1.82, 2.24) is 9.80 Å². The van der Waals surface area contributed by atoms with Crippen molar-refractivity contribution >= 4 is 29.1 Å². The van der Waals surface area contributed by atoms with Crippen molar-refractivity contribution in [3.05, 3.63) is 69.8 Å². The number of ether oxygens (including phenoxy) is 2. The Labute approximate surface area is 210 Å². The highest BCUT2D eigenvalue weighted by Gasteiger charge is 2.46. The minimum absolute atomic E-state index is 0.0842. The topological polar surface area (TPSA) is 79.3 Å². The average molecular weight is 499 g/mol. The quantitative estimate of drug-likeness (QED) is 0.334. The number of hydrogen-bond acceptors (Lipinski definition) is 6. The first-order valence-electron chi connectivity index (χ1n) is 12.0. The molecule has 0 saturated carbocycles. The van der Waals surface area contributed by atoms with Crippen LogP contribution in [-0.4, -0.2) is 72.6 Å². The third-order valence-corrected chi connectivity index (χ3v) is 6.65. The molecule has 1 amide bonds. The number of nitrogens with zero attached hydrogens (tertiary/aromatic N) is 2. The Morgan fingerprint density at radius 2 is 1.83 bits per heavy atom. The molecule has 2 heterocycles. The molecule has 4 rings (SSSR count). The Balaban J connectivity index is 1.71. The number of likely N-dealkylation sites (tertiary alicyclic amines) is 1. The molecule has 0 bridgehead atoms. The van der Waals surface area contributed by atoms with E-state index < -0.39 is 17.7 Å². The van der Waals surface area contributed by atoms with Gasteiger partial charge in [0.15, 0.2) is 0 Å². The first kappa shape index (κ1) is 25.2. The average Bonchev–Trinajstić information content (AvgIpc) is 3.12. The molecule has 2 aromatic rings. The molecule has 0 aromatic heterocycles. The number of carbonyl (C=O) groups is 2. The lowest BCUT2D eigenvalue weighted by Crippen LogP contribution is -2.42. The number of carbonyl (C=O) groups excluding carboxylic acids is 2. The van der Waals surface area contributed by atoms with Gasteiger partial charge in [-0.2, -0.15) is 0 Å². The molecule has 1 unspecified atom stereocenters. The normalized spacial score (nSPS) is 20.4. The molecule has 2 fully saturated rings. The Morgan fingerprint density at radius 1 is 1.11 bits per heavy atom. The van der Waals surface area contributed by atoms with E-state index in [0.29, 0.717) is 43.5 Å². The highest BCUT2D eigenvalue weighted by Crippen LogP contribution is 2.40. The van der Waals surface area contributed by atoms with Gasteiger partial charge in [-0.15, -0.1) is 0 Å². The van der Waals surface area contributed by atoms with E-state index in [-0.39, 0.29) is 11.3 Å². The molecule has 0 radical (unpaired) electrons. The van der Waals surface area contributed by atoms with Gasteiger partial charge in [0.05, 0.1) is 31.4 Å². The maximum Gasteiger partial charge on any atom is 0.295 e. The van der Waals surface area contributed by atoms with E-state index >= 15 is 0 Å². The number of aliphatic hydroxyl groups excluding tert-OH is 1. The molecule has 0 spiro atoms. The van der Waals surface area contributed by atoms with Crippen molar-refractivity contribution in [2.75, 3.05) is 46.0 Å². The predicted octanol–water partition coefficient (Wildman–Crippen LogP) is 4.19. The number of ketones is 1. The summed E-state index contributed by atoms with van der Waals surface area (Å²) >= 11 is 6.10. The second-order valence-corrected chi connectivity index (χ2v) is 9.26. The highest BCUT2D eigenvalue weighted by atomic mass is 35.5. The molecule has 35 heavy (non-hydrogen) atoms. The van der Waals surface area contributed by atoms with E-state index in [1.165, 1.54) is 0 Å². The predicted molar refractivity (Wildman–Crippen MR) is 135 cm³/mol. The summed E-state index contributed by atoms with van der Waals surface area (Å²) in [5, 5.41) is 11.9. The molecule has 2 aliphatic rings. The number of morpholine rings is 1. The molecule has 1 N–H and O–H groups in total. The Bertz CT molecular complexity index is 1110. The van der Waals surface area contributed by atoms with Crippen LogP contribution in [0.5, 0.6) is 5.75 Å². The zero-order valence-corrected chi connectivity index (χ0v) is 20.9. The fourth-order valence-electron chi connectivity index (χ4n) is 4.50. The van der Waals surface area contributed by atoms with E-state index in [4.69, 9.17) is 21.1 Å². The minimum Gasteiger partial charge on any atom is -0.507 e. The summed E-state index contributed by atoms with van der Waals surface area (Å²) in [6, 6.07) is 11.6. The van der Waals surface area contributed by atoms with Gasteiger partial charge >= 0.3 is 0 Å². The molecule has 186 valence electrons. The molecule has 2 saturated heterocycles. The first-order valence-corrected chi connectivity index (χ1v) is 12.4. The number of rotatable bonds is 8. The van der Waals surface area contributed by atoms with Crippen LogP contribution in [0.4, 0.5) is 0 Å². The van der Waals surface area contributed by atoms with Crippen LogP contribution in [0.1, 0.15) is 36.1 Å². The van der Waals surface area contributed by atoms with Crippen LogP contribution >= 0.6 is 11.6 Å². The standard InChI is InChI=1S/C27H31ClN2O5/c1-3-14-35-22-9-6-20(17-18(22)2)25(31)23-24(19-4-7-21(28)8-5-19)30(27(33)26(23)32)11-10-29-12-15-34-16-13-29/h4-9,17,24,31H,3,10-16H2,1-2H3/b25-23-. The van der Waals surface area contributed by atoms with E-state index in [1.54, 1.807) is 47.4 Å². The Kier molecular flexibility index (Phi) is 8.11. The third-order valence-electron chi connectivity index (χ3n) is 6.40. The minimum atomic E-state index is -0.704. The number of halogens is 1. The summed E-state index contributed by atoms with van der Waals surface area (Å²) in [6.45, 7) is 8.34. The first-order chi connectivity index (χ1) is 16.9. The van der Waals surface area contributed by atoms with Gasteiger partial charge in [0.25, 0.3) is 11.7 Å². The van der Waals surface area contributed by atoms with Gasteiger partial charge in [-0.1, -0.05) is 30.7 Å². The monoisotopic (exact) mass is 498 g/mol. The van der Waals surface area contributed by atoms with Gasteiger partial charge in [-0.25, -0.2) is 0 Å². The van der Waals surface area contributed by atoms with Crippen molar-refractivity contribution in [2.24, 2.45) is 0 Å². The molecule has 2 aliphatic heterocycles. The van der Waals surface area contributed by atoms with Gasteiger partial charge in [0, 0.05) is 36.8 Å². The van der Waals surface area contributed by atoms with Gasteiger partial charge < -0.3 is 19.5 Å². The number of hydrogen-bond donors (Lipinski definition) is 1. The Hall–Kier alpha value is -2.87. The lowest BCUT2D eigenvalue weighted by atomic mass is 9.95. The van der Waals surface area contributed by atoms with Crippen LogP contribution in [0, 0.1) is 6.92 Å². The summed E-state index contributed by atoms with van der Waals surface area (Å²) in [5.41, 5.74) is 2.11. The van der Waals surface area contributed by atoms with E-state index in [0.717, 1.165) is 36.4 Å². The van der Waals surface area contributed by atoms with Crippen molar-refractivity contribution < 1.29 is 24.2 Å². The molecule has 8 heteroatoms. The molecule has 7 nitrogen and oxygen atoms in total. The second-order valence-electron chi connectivity index (χ2n) is 8.83. The zero-order valence-electron chi connectivity index (χ0n) is 20.1. The number of Topliss-reactive ketones (excluding diaryl/α,β-unsaturated/α-hetero) is 1. The van der Waals surface area contributed by atoms with Gasteiger partial charge in [0.2, 0.25) is 0 Å². The van der Waals surface area contributed by atoms with E-state index in [1.807, 2.05) is 13.8 Å². The summed E-state index contributed by atoms with van der Waals surface area (Å²) < 4.78 is 11.1. The number of aliphatic hydroxyl groups is 1. The van der Waals surface area contributed by atoms with Gasteiger partial charge in [0.1, 0.15) is 11.5 Å². The second kappa shape index (κ2) is 11.2. The van der Waals surface area contributed by atoms with Crippen LogP contribution in [0.15, 0.2) is 48.0 Å². The number of aryl methyl sites for hydroxylation is 1. The summed E-state index contributed by atoms with van der Waals surface area (Å²) in [7, 11) is 0. The third kappa shape index (κ3) is 5.53. The lowest BCUT2D eigenvalue weighted by molar-refractivity contribution is -0.140. The largest absolute Gasteiger partial charge is 0.507 e. The SMILES string of the molecule is CCCOc1ccc(/C(O)=C2/C(=O)C(=O)N(CCN3CCOCC3)C2c2ccc(Cl)cc2)cc1C. The molecule has 0 aliphatic carbocycles. The fourth-order valence-corrected chi connectivity index (χ4v) is 4.63. The van der Waals surface area contributed by atoms with Crippen molar-refractivity contribution in [3.8, 4) is 5.75 Å². The number of amides is 1. The van der Waals surface area contributed by atoms with Crippen LogP contribution in [-0.2, 0) is 14.3 Å². The van der Waals surface area contributed by atoms with Gasteiger partial charge in [-0.05, 0) is 54.8 Å². The molecule has 2 aromatic carbocycles. The zero-order chi connectivity index (χ0) is 24.9. The molecular weight excluding hydrogens is 468 g/mol. The highest BCUT2D eigenvalue weighted by molar-refractivity contribution is 6.46. The maximum absolute atomic E-state index is 13.2. The van der Waals surface area contributed by atoms with Crippen LogP contribution in [0.2, 0.25) is 5.02 Å². The Morgan fingerprint density at radius 3 is 2.49 bits per heavy atom. The smallest absolute Gasteiger partial charge is 0.295 e. The van der Waals surface area contributed by atoms with Crippen molar-refractivity contribution in [3.63, 3.8) is 0 Å². The maximum atomic E-state index is 13.2. The van der Waals surface area contributed by atoms with E-state index in [2.05, 4.69) is 4.90 Å². The van der Waals surface area contributed by atoms with Crippen LogP contribution < -0.4 is 4.74 Å². The van der Waals surface area contributed by atoms with Crippen molar-refractivity contribution in [1.29, 1.82) is 0 Å². The lowest BCUT2D eigenvalue weighted by Gasteiger charge is -2.31.